The predicted molar refractivity (Wildman–Crippen MR) is 77.1 cm³/mol. The van der Waals surface area contributed by atoms with Gasteiger partial charge in [0, 0.05) is 32.8 Å². The molecule has 0 N–H and O–H groups in total. The predicted octanol–water partition coefficient (Wildman–Crippen LogP) is 2.32. The third kappa shape index (κ3) is 9.89. The van der Waals surface area contributed by atoms with Crippen molar-refractivity contribution in [1.82, 2.24) is 4.90 Å². The van der Waals surface area contributed by atoms with Gasteiger partial charge in [0.2, 0.25) is 0 Å². The second-order valence-corrected chi connectivity index (χ2v) is 4.52. The molecule has 0 saturated carbocycles. The lowest BCUT2D eigenvalue weighted by atomic mass is 10.1. The molecule has 0 aromatic heterocycles. The summed E-state index contributed by atoms with van der Waals surface area (Å²) >= 11 is 4.40. The number of thiol groups is 1. The SMILES string of the molecule is CCOCCN(CCOCC)CC(CC)CS. The molecule has 17 heavy (non-hydrogen) atoms. The van der Waals surface area contributed by atoms with Gasteiger partial charge < -0.3 is 9.47 Å². The largest absolute Gasteiger partial charge is 0.380 e. The van der Waals surface area contributed by atoms with Gasteiger partial charge in [-0.25, -0.2) is 0 Å². The van der Waals surface area contributed by atoms with Crippen molar-refractivity contribution in [1.29, 1.82) is 0 Å². The Morgan fingerprint density at radius 3 is 1.88 bits per heavy atom. The molecule has 0 amide bonds. The summed E-state index contributed by atoms with van der Waals surface area (Å²) in [5, 5.41) is 0. The summed E-state index contributed by atoms with van der Waals surface area (Å²) in [6.45, 7) is 12.6. The lowest BCUT2D eigenvalue weighted by Gasteiger charge is -2.26. The highest BCUT2D eigenvalue weighted by Gasteiger charge is 2.11. The highest BCUT2D eigenvalue weighted by molar-refractivity contribution is 7.80. The highest BCUT2D eigenvalue weighted by atomic mass is 32.1. The Hall–Kier alpha value is 0.230. The van der Waals surface area contributed by atoms with Crippen LogP contribution in [0.3, 0.4) is 0 Å². The van der Waals surface area contributed by atoms with Crippen LogP contribution in [0.15, 0.2) is 0 Å². The van der Waals surface area contributed by atoms with Gasteiger partial charge in [-0.2, -0.15) is 12.6 Å². The topological polar surface area (TPSA) is 21.7 Å². The number of hydrogen-bond acceptors (Lipinski definition) is 4. The average Bonchev–Trinajstić information content (AvgIpc) is 2.35. The zero-order chi connectivity index (χ0) is 12.9. The fourth-order valence-corrected chi connectivity index (χ4v) is 2.03. The molecule has 0 aromatic rings. The summed E-state index contributed by atoms with van der Waals surface area (Å²) in [6.07, 6.45) is 1.18. The van der Waals surface area contributed by atoms with Crippen LogP contribution in [0.1, 0.15) is 27.2 Å². The van der Waals surface area contributed by atoms with E-state index in [0.717, 1.165) is 51.8 Å². The summed E-state index contributed by atoms with van der Waals surface area (Å²) in [6, 6.07) is 0. The van der Waals surface area contributed by atoms with E-state index in [1.165, 1.54) is 6.42 Å². The van der Waals surface area contributed by atoms with Gasteiger partial charge in [0.15, 0.2) is 0 Å². The summed E-state index contributed by atoms with van der Waals surface area (Å²) in [7, 11) is 0. The van der Waals surface area contributed by atoms with Gasteiger partial charge in [-0.1, -0.05) is 13.3 Å². The monoisotopic (exact) mass is 263 g/mol. The van der Waals surface area contributed by atoms with Crippen LogP contribution in [0, 0.1) is 5.92 Å². The quantitative estimate of drug-likeness (QED) is 0.431. The van der Waals surface area contributed by atoms with Crippen molar-refractivity contribution < 1.29 is 9.47 Å². The van der Waals surface area contributed by atoms with Crippen molar-refractivity contribution in [2.75, 3.05) is 51.8 Å². The van der Waals surface area contributed by atoms with Gasteiger partial charge in [-0.05, 0) is 25.5 Å². The molecule has 1 unspecified atom stereocenters. The van der Waals surface area contributed by atoms with E-state index < -0.39 is 0 Å². The number of nitrogens with zero attached hydrogens (tertiary/aromatic N) is 1. The molecule has 1 atom stereocenters. The van der Waals surface area contributed by atoms with Gasteiger partial charge in [0.05, 0.1) is 13.2 Å². The van der Waals surface area contributed by atoms with E-state index in [-0.39, 0.29) is 0 Å². The smallest absolute Gasteiger partial charge is 0.0593 e. The molecular formula is C13H29NO2S. The van der Waals surface area contributed by atoms with E-state index in [2.05, 4.69) is 24.5 Å². The van der Waals surface area contributed by atoms with Gasteiger partial charge >= 0.3 is 0 Å². The Bertz CT molecular complexity index is 144. The van der Waals surface area contributed by atoms with Gasteiger partial charge in [0.1, 0.15) is 0 Å². The van der Waals surface area contributed by atoms with Crippen LogP contribution in [0.5, 0.6) is 0 Å². The van der Waals surface area contributed by atoms with E-state index in [1.807, 2.05) is 13.8 Å². The van der Waals surface area contributed by atoms with Gasteiger partial charge in [0.25, 0.3) is 0 Å². The third-order valence-electron chi connectivity index (χ3n) is 2.86. The molecule has 0 aliphatic heterocycles. The average molecular weight is 263 g/mol. The molecule has 0 aliphatic rings. The molecule has 0 bridgehead atoms. The molecular weight excluding hydrogens is 234 g/mol. The van der Waals surface area contributed by atoms with E-state index >= 15 is 0 Å². The van der Waals surface area contributed by atoms with Crippen LogP contribution in [0.25, 0.3) is 0 Å². The van der Waals surface area contributed by atoms with Crippen molar-refractivity contribution >= 4 is 12.6 Å². The highest BCUT2D eigenvalue weighted by Crippen LogP contribution is 2.07. The molecule has 4 heteroatoms. The first-order valence-corrected chi connectivity index (χ1v) is 7.40. The summed E-state index contributed by atoms with van der Waals surface area (Å²) in [5.41, 5.74) is 0. The summed E-state index contributed by atoms with van der Waals surface area (Å²) < 4.78 is 10.8. The van der Waals surface area contributed by atoms with E-state index in [9.17, 15) is 0 Å². The second kappa shape index (κ2) is 12.7. The first kappa shape index (κ1) is 17.2. The molecule has 0 aromatic carbocycles. The van der Waals surface area contributed by atoms with Gasteiger partial charge in [-0.3, -0.25) is 4.90 Å². The Labute approximate surface area is 112 Å². The van der Waals surface area contributed by atoms with Crippen molar-refractivity contribution in [2.45, 2.75) is 27.2 Å². The zero-order valence-electron chi connectivity index (χ0n) is 11.7. The minimum absolute atomic E-state index is 0.668. The first-order chi connectivity index (χ1) is 8.28. The van der Waals surface area contributed by atoms with E-state index in [4.69, 9.17) is 9.47 Å². The van der Waals surface area contributed by atoms with Crippen molar-refractivity contribution in [3.8, 4) is 0 Å². The van der Waals surface area contributed by atoms with Crippen LogP contribution in [-0.2, 0) is 9.47 Å². The third-order valence-corrected chi connectivity index (χ3v) is 3.38. The molecule has 0 saturated heterocycles. The standard InChI is InChI=1S/C13H29NO2S/c1-4-13(12-17)11-14(7-9-15-5-2)8-10-16-6-3/h13,17H,4-12H2,1-3H3. The summed E-state index contributed by atoms with van der Waals surface area (Å²) in [5.74, 6) is 1.62. The number of hydrogen-bond donors (Lipinski definition) is 1. The fourth-order valence-electron chi connectivity index (χ4n) is 1.65. The molecule has 0 aliphatic carbocycles. The molecule has 0 fully saturated rings. The van der Waals surface area contributed by atoms with Gasteiger partial charge in [-0.15, -0.1) is 0 Å². The maximum Gasteiger partial charge on any atom is 0.0593 e. The normalized spacial score (nSPS) is 13.2. The molecule has 0 heterocycles. The Morgan fingerprint density at radius 2 is 1.53 bits per heavy atom. The molecule has 3 nitrogen and oxygen atoms in total. The number of ether oxygens (including phenoxy) is 2. The summed E-state index contributed by atoms with van der Waals surface area (Å²) in [4.78, 5) is 2.43. The van der Waals surface area contributed by atoms with Crippen molar-refractivity contribution in [3.05, 3.63) is 0 Å². The lowest BCUT2D eigenvalue weighted by Crippen LogP contribution is -2.35. The second-order valence-electron chi connectivity index (χ2n) is 4.15. The van der Waals surface area contributed by atoms with Crippen LogP contribution in [0.2, 0.25) is 0 Å². The molecule has 0 spiro atoms. The maximum atomic E-state index is 5.42. The minimum atomic E-state index is 0.668. The minimum Gasteiger partial charge on any atom is -0.380 e. The van der Waals surface area contributed by atoms with Crippen LogP contribution >= 0.6 is 12.6 Å². The van der Waals surface area contributed by atoms with Crippen molar-refractivity contribution in [2.24, 2.45) is 5.92 Å². The van der Waals surface area contributed by atoms with Crippen LogP contribution in [0.4, 0.5) is 0 Å². The molecule has 0 rings (SSSR count). The Balaban J connectivity index is 3.90. The fraction of sp³-hybridized carbons (Fsp3) is 1.00. The zero-order valence-corrected chi connectivity index (χ0v) is 12.5. The molecule has 0 radical (unpaired) electrons. The van der Waals surface area contributed by atoms with Crippen molar-refractivity contribution in [3.63, 3.8) is 0 Å². The Kier molecular flexibility index (Phi) is 12.9. The molecule has 104 valence electrons. The van der Waals surface area contributed by atoms with E-state index in [0.29, 0.717) is 5.92 Å². The lowest BCUT2D eigenvalue weighted by molar-refractivity contribution is 0.0769. The number of rotatable bonds is 12. The first-order valence-electron chi connectivity index (χ1n) is 6.77. The van der Waals surface area contributed by atoms with Crippen LogP contribution in [-0.4, -0.2) is 56.7 Å². The van der Waals surface area contributed by atoms with E-state index in [1.54, 1.807) is 0 Å². The maximum absolute atomic E-state index is 5.42. The Morgan fingerprint density at radius 1 is 1.00 bits per heavy atom. The van der Waals surface area contributed by atoms with Crippen LogP contribution < -0.4 is 0 Å².